The van der Waals surface area contributed by atoms with Crippen LogP contribution in [0.5, 0.6) is 0 Å². The van der Waals surface area contributed by atoms with Crippen LogP contribution in [-0.2, 0) is 24.2 Å². The summed E-state index contributed by atoms with van der Waals surface area (Å²) < 4.78 is 0. The Hall–Kier alpha value is -4.36. The van der Waals surface area contributed by atoms with E-state index in [-0.39, 0.29) is 18.4 Å². The van der Waals surface area contributed by atoms with Crippen LogP contribution in [0.1, 0.15) is 26.4 Å². The van der Waals surface area contributed by atoms with Crippen molar-refractivity contribution in [3.05, 3.63) is 124 Å². The number of aromatic nitrogens is 1. The molecule has 0 aliphatic carbocycles. The van der Waals surface area contributed by atoms with Gasteiger partial charge in [-0.2, -0.15) is 0 Å². The summed E-state index contributed by atoms with van der Waals surface area (Å²) in [6.07, 6.45) is 3.44. The maximum absolute atomic E-state index is 14.0. The van der Waals surface area contributed by atoms with Crippen molar-refractivity contribution >= 4 is 39.7 Å². The maximum Gasteiger partial charge on any atom is 0.264 e. The van der Waals surface area contributed by atoms with E-state index >= 15 is 0 Å². The van der Waals surface area contributed by atoms with Gasteiger partial charge in [0, 0.05) is 56.5 Å². The first kappa shape index (κ1) is 28.2. The molecule has 0 radical (unpaired) electrons. The van der Waals surface area contributed by atoms with Gasteiger partial charge in [0.05, 0.1) is 4.88 Å². The van der Waals surface area contributed by atoms with Crippen molar-refractivity contribution in [1.29, 1.82) is 0 Å². The Balaban J connectivity index is 1.36. The number of nitrogens with zero attached hydrogens (tertiary/aromatic N) is 3. The fraction of sp³-hybridized carbons (Fsp3) is 0.235. The van der Waals surface area contributed by atoms with Gasteiger partial charge in [0.25, 0.3) is 5.91 Å². The average molecular weight is 565 g/mol. The zero-order valence-electron chi connectivity index (χ0n) is 23.6. The van der Waals surface area contributed by atoms with Crippen LogP contribution in [0, 0.1) is 0 Å². The average Bonchev–Trinajstić information content (AvgIpc) is 3.68. The third kappa shape index (κ3) is 7.24. The molecule has 1 N–H and O–H groups in total. The van der Waals surface area contributed by atoms with E-state index < -0.39 is 0 Å². The Labute approximate surface area is 245 Å². The number of rotatable bonds is 12. The van der Waals surface area contributed by atoms with Crippen molar-refractivity contribution in [1.82, 2.24) is 14.8 Å². The van der Waals surface area contributed by atoms with Crippen LogP contribution in [0.2, 0.25) is 0 Å². The van der Waals surface area contributed by atoms with Gasteiger partial charge in [-0.3, -0.25) is 9.59 Å². The molecule has 0 bridgehead atoms. The lowest BCUT2D eigenvalue weighted by Crippen LogP contribution is -2.44. The molecule has 210 valence electrons. The van der Waals surface area contributed by atoms with E-state index in [1.807, 2.05) is 73.0 Å². The zero-order chi connectivity index (χ0) is 28.6. The lowest BCUT2D eigenvalue weighted by molar-refractivity contribution is -0.132. The Bertz CT molecular complexity index is 1560. The fourth-order valence-electron chi connectivity index (χ4n) is 4.99. The molecular formula is C34H36N4O2S. The molecule has 0 atom stereocenters. The number of anilines is 1. The van der Waals surface area contributed by atoms with Crippen LogP contribution in [0.15, 0.2) is 103 Å². The van der Waals surface area contributed by atoms with Crippen LogP contribution < -0.4 is 4.90 Å². The van der Waals surface area contributed by atoms with Crippen LogP contribution in [-0.4, -0.2) is 60.3 Å². The summed E-state index contributed by atoms with van der Waals surface area (Å²) in [6, 6.07) is 30.3. The first-order valence-corrected chi connectivity index (χ1v) is 14.8. The largest absolute Gasteiger partial charge is 0.378 e. The van der Waals surface area contributed by atoms with Gasteiger partial charge in [-0.05, 0) is 59.2 Å². The Morgan fingerprint density at radius 1 is 0.756 bits per heavy atom. The fourth-order valence-corrected chi connectivity index (χ4v) is 5.68. The molecule has 0 saturated carbocycles. The highest BCUT2D eigenvalue weighted by molar-refractivity contribution is 7.12. The second kappa shape index (κ2) is 13.3. The second-order valence-electron chi connectivity index (χ2n) is 10.4. The Kier molecular flexibility index (Phi) is 9.16. The highest BCUT2D eigenvalue weighted by Crippen LogP contribution is 2.20. The van der Waals surface area contributed by atoms with Crippen molar-refractivity contribution in [2.45, 2.75) is 19.4 Å². The number of fused-ring (bicyclic) bond motifs is 1. The number of thiophene rings is 1. The minimum atomic E-state index is -0.101. The van der Waals surface area contributed by atoms with E-state index in [1.165, 1.54) is 22.3 Å². The van der Waals surface area contributed by atoms with Crippen LogP contribution in [0.25, 0.3) is 10.9 Å². The first-order chi connectivity index (χ1) is 20.0. The van der Waals surface area contributed by atoms with Crippen molar-refractivity contribution in [2.24, 2.45) is 0 Å². The minimum Gasteiger partial charge on any atom is -0.378 e. The van der Waals surface area contributed by atoms with Gasteiger partial charge in [0.1, 0.15) is 6.54 Å². The number of amides is 2. The van der Waals surface area contributed by atoms with Crippen molar-refractivity contribution in [3.63, 3.8) is 0 Å². The summed E-state index contributed by atoms with van der Waals surface area (Å²) in [5.74, 6) is -0.157. The Morgan fingerprint density at radius 3 is 2.22 bits per heavy atom. The van der Waals surface area contributed by atoms with E-state index in [2.05, 4.69) is 58.4 Å². The van der Waals surface area contributed by atoms with Gasteiger partial charge in [-0.15, -0.1) is 11.3 Å². The molecule has 0 fully saturated rings. The smallest absolute Gasteiger partial charge is 0.264 e. The van der Waals surface area contributed by atoms with Gasteiger partial charge in [-0.25, -0.2) is 0 Å². The normalized spacial score (nSPS) is 11.0. The molecule has 0 aliphatic heterocycles. The Morgan fingerprint density at radius 2 is 1.49 bits per heavy atom. The molecule has 6 nitrogen and oxygen atoms in total. The van der Waals surface area contributed by atoms with Crippen molar-refractivity contribution < 1.29 is 9.59 Å². The standard InChI is InChI=1S/C34H36N4O2S/c1-36(2)29-16-14-27(15-17-29)24-37(21-19-28-23-35-31-12-7-6-11-30(28)31)33(39)25-38(34(40)32-13-8-22-41-32)20-18-26-9-4-3-5-10-26/h3-17,22-23,35H,18-21,24-25H2,1-2H3. The number of hydrogen-bond acceptors (Lipinski definition) is 4. The van der Waals surface area contributed by atoms with Gasteiger partial charge in [-0.1, -0.05) is 66.7 Å². The van der Waals surface area contributed by atoms with E-state index in [4.69, 9.17) is 0 Å². The summed E-state index contributed by atoms with van der Waals surface area (Å²) >= 11 is 1.41. The summed E-state index contributed by atoms with van der Waals surface area (Å²) in [4.78, 5) is 37.1. The molecule has 7 heteroatoms. The molecule has 41 heavy (non-hydrogen) atoms. The predicted octanol–water partition coefficient (Wildman–Crippen LogP) is 6.25. The molecule has 2 heterocycles. The molecule has 2 aromatic heterocycles. The number of nitrogens with one attached hydrogen (secondary N) is 1. The number of H-pyrrole nitrogens is 1. The van der Waals surface area contributed by atoms with E-state index in [0.717, 1.165) is 22.3 Å². The third-order valence-corrected chi connectivity index (χ3v) is 8.22. The molecule has 0 spiro atoms. The molecular weight excluding hydrogens is 528 g/mol. The molecule has 5 aromatic rings. The molecule has 2 amide bonds. The number of carbonyl (C=O) groups is 2. The van der Waals surface area contributed by atoms with Gasteiger partial charge < -0.3 is 19.7 Å². The first-order valence-electron chi connectivity index (χ1n) is 13.9. The highest BCUT2D eigenvalue weighted by atomic mass is 32.1. The van der Waals surface area contributed by atoms with E-state index in [0.29, 0.717) is 37.4 Å². The third-order valence-electron chi connectivity index (χ3n) is 7.36. The van der Waals surface area contributed by atoms with Gasteiger partial charge in [0.15, 0.2) is 0 Å². The van der Waals surface area contributed by atoms with Crippen molar-refractivity contribution in [3.8, 4) is 0 Å². The van der Waals surface area contributed by atoms with Crippen LogP contribution in [0.3, 0.4) is 0 Å². The number of aromatic amines is 1. The van der Waals surface area contributed by atoms with E-state index in [1.54, 1.807) is 4.90 Å². The van der Waals surface area contributed by atoms with Gasteiger partial charge >= 0.3 is 0 Å². The summed E-state index contributed by atoms with van der Waals surface area (Å²) in [6.45, 7) is 1.54. The van der Waals surface area contributed by atoms with Crippen LogP contribution in [0.4, 0.5) is 5.69 Å². The van der Waals surface area contributed by atoms with Crippen LogP contribution >= 0.6 is 11.3 Å². The zero-order valence-corrected chi connectivity index (χ0v) is 24.4. The van der Waals surface area contributed by atoms with Crippen molar-refractivity contribution in [2.75, 3.05) is 38.6 Å². The molecule has 0 saturated heterocycles. The summed E-state index contributed by atoms with van der Waals surface area (Å²) in [5, 5.41) is 3.07. The maximum atomic E-state index is 14.0. The topological polar surface area (TPSA) is 59.7 Å². The number of benzene rings is 3. The monoisotopic (exact) mass is 564 g/mol. The molecule has 0 unspecified atom stereocenters. The number of para-hydroxylation sites is 1. The molecule has 0 aliphatic rings. The van der Waals surface area contributed by atoms with Gasteiger partial charge in [0.2, 0.25) is 5.91 Å². The number of hydrogen-bond donors (Lipinski definition) is 1. The van der Waals surface area contributed by atoms with E-state index in [9.17, 15) is 9.59 Å². The lowest BCUT2D eigenvalue weighted by atomic mass is 10.1. The molecule has 5 rings (SSSR count). The summed E-state index contributed by atoms with van der Waals surface area (Å²) in [7, 11) is 4.03. The minimum absolute atomic E-state index is 0.0350. The predicted molar refractivity (Wildman–Crippen MR) is 169 cm³/mol. The SMILES string of the molecule is CN(C)c1ccc(CN(CCc2c[nH]c3ccccc23)C(=O)CN(CCc2ccccc2)C(=O)c2cccs2)cc1. The number of carbonyl (C=O) groups excluding carboxylic acids is 2. The highest BCUT2D eigenvalue weighted by Gasteiger charge is 2.23. The molecule has 3 aromatic carbocycles. The lowest BCUT2D eigenvalue weighted by Gasteiger charge is -2.28. The quantitative estimate of drug-likeness (QED) is 0.195. The summed E-state index contributed by atoms with van der Waals surface area (Å²) in [5.41, 5.74) is 5.58. The second-order valence-corrected chi connectivity index (χ2v) is 11.4.